The van der Waals surface area contributed by atoms with Gasteiger partial charge in [-0.3, -0.25) is 9.59 Å². The van der Waals surface area contributed by atoms with Crippen molar-refractivity contribution in [1.82, 2.24) is 4.98 Å². The van der Waals surface area contributed by atoms with Crippen LogP contribution >= 0.6 is 0 Å². The summed E-state index contributed by atoms with van der Waals surface area (Å²) in [5.74, 6) is 5.00. The van der Waals surface area contributed by atoms with E-state index in [0.717, 1.165) is 4.90 Å². The molecule has 102 valence electrons. The van der Waals surface area contributed by atoms with E-state index in [0.29, 0.717) is 16.8 Å². The molecule has 1 aliphatic rings. The molecule has 2 aromatic rings. The van der Waals surface area contributed by atoms with E-state index < -0.39 is 0 Å². The number of aromatic nitrogens is 1. The molecule has 3 rings (SSSR count). The number of anilines is 1. The average Bonchev–Trinajstić information content (AvgIpc) is 2.78. The lowest BCUT2D eigenvalue weighted by Gasteiger charge is -2.12. The van der Waals surface area contributed by atoms with E-state index in [1.54, 1.807) is 42.5 Å². The fourth-order valence-corrected chi connectivity index (χ4v) is 2.16. The molecule has 5 heteroatoms. The number of nitrogens with two attached hydrogens (primary N) is 1. The first kappa shape index (κ1) is 13.0. The molecule has 0 atom stereocenters. The third-order valence-electron chi connectivity index (χ3n) is 3.08. The van der Waals surface area contributed by atoms with Crippen LogP contribution < -0.4 is 10.6 Å². The summed E-state index contributed by atoms with van der Waals surface area (Å²) in [5, 5.41) is 0. The monoisotopic (exact) mass is 277 g/mol. The SMILES string of the molecule is NCC#Cc1cccc(N2C(=O)c3ccccc3C2=O)n1. The Morgan fingerprint density at radius 2 is 1.67 bits per heavy atom. The zero-order valence-electron chi connectivity index (χ0n) is 11.0. The average molecular weight is 277 g/mol. The highest BCUT2D eigenvalue weighted by molar-refractivity contribution is 6.34. The minimum absolute atomic E-state index is 0.221. The molecule has 1 aromatic heterocycles. The molecule has 1 aromatic carbocycles. The second-order valence-corrected chi connectivity index (χ2v) is 4.38. The number of carbonyl (C=O) groups is 2. The lowest BCUT2D eigenvalue weighted by Crippen LogP contribution is -2.30. The zero-order chi connectivity index (χ0) is 14.8. The van der Waals surface area contributed by atoms with Crippen molar-refractivity contribution in [2.45, 2.75) is 0 Å². The minimum Gasteiger partial charge on any atom is -0.320 e. The molecule has 0 fully saturated rings. The lowest BCUT2D eigenvalue weighted by atomic mass is 10.1. The number of rotatable bonds is 1. The van der Waals surface area contributed by atoms with Gasteiger partial charge in [-0.25, -0.2) is 9.88 Å². The van der Waals surface area contributed by atoms with Gasteiger partial charge in [-0.05, 0) is 30.2 Å². The Hall–Kier alpha value is -2.97. The van der Waals surface area contributed by atoms with Crippen LogP contribution in [0.2, 0.25) is 0 Å². The van der Waals surface area contributed by atoms with Gasteiger partial charge in [0.05, 0.1) is 17.7 Å². The van der Waals surface area contributed by atoms with Gasteiger partial charge in [0.25, 0.3) is 11.8 Å². The molecule has 2 N–H and O–H groups in total. The Kier molecular flexibility index (Phi) is 3.22. The van der Waals surface area contributed by atoms with Crippen LogP contribution in [-0.4, -0.2) is 23.3 Å². The van der Waals surface area contributed by atoms with Gasteiger partial charge >= 0.3 is 0 Å². The van der Waals surface area contributed by atoms with Gasteiger partial charge in [0.2, 0.25) is 0 Å². The maximum absolute atomic E-state index is 12.3. The Bertz CT molecular complexity index is 767. The van der Waals surface area contributed by atoms with Crippen LogP contribution in [0.25, 0.3) is 0 Å². The molecule has 0 saturated heterocycles. The van der Waals surface area contributed by atoms with E-state index in [-0.39, 0.29) is 24.2 Å². The standard InChI is InChI=1S/C16H11N3O2/c17-10-4-6-11-5-3-9-14(18-11)19-15(20)12-7-1-2-8-13(12)16(19)21/h1-3,5,7-9H,10,17H2. The number of carbonyl (C=O) groups excluding carboxylic acids is 2. The van der Waals surface area contributed by atoms with Crippen LogP contribution in [0.3, 0.4) is 0 Å². The van der Waals surface area contributed by atoms with Crippen LogP contribution in [0, 0.1) is 11.8 Å². The maximum atomic E-state index is 12.3. The third-order valence-corrected chi connectivity index (χ3v) is 3.08. The third kappa shape index (κ3) is 2.18. The van der Waals surface area contributed by atoms with Crippen molar-refractivity contribution < 1.29 is 9.59 Å². The summed E-state index contributed by atoms with van der Waals surface area (Å²) >= 11 is 0. The van der Waals surface area contributed by atoms with Crippen molar-refractivity contribution in [3.05, 3.63) is 59.3 Å². The topological polar surface area (TPSA) is 76.3 Å². The smallest absolute Gasteiger partial charge is 0.267 e. The fourth-order valence-electron chi connectivity index (χ4n) is 2.16. The highest BCUT2D eigenvalue weighted by Crippen LogP contribution is 2.26. The van der Waals surface area contributed by atoms with E-state index in [1.165, 1.54) is 0 Å². The molecule has 2 heterocycles. The van der Waals surface area contributed by atoms with E-state index in [2.05, 4.69) is 16.8 Å². The first-order valence-corrected chi connectivity index (χ1v) is 6.36. The number of fused-ring (bicyclic) bond motifs is 1. The molecule has 0 radical (unpaired) electrons. The summed E-state index contributed by atoms with van der Waals surface area (Å²) in [5.41, 5.74) is 6.57. The van der Waals surface area contributed by atoms with Crippen molar-refractivity contribution in [1.29, 1.82) is 0 Å². The van der Waals surface area contributed by atoms with Crippen LogP contribution in [0.4, 0.5) is 5.82 Å². The van der Waals surface area contributed by atoms with Gasteiger partial charge in [0.15, 0.2) is 0 Å². The highest BCUT2D eigenvalue weighted by atomic mass is 16.2. The second kappa shape index (κ2) is 5.19. The van der Waals surface area contributed by atoms with E-state index in [4.69, 9.17) is 5.73 Å². The van der Waals surface area contributed by atoms with Gasteiger partial charge < -0.3 is 5.73 Å². The first-order chi connectivity index (χ1) is 10.2. The largest absolute Gasteiger partial charge is 0.320 e. The number of benzene rings is 1. The molecular formula is C16H11N3O2. The summed E-state index contributed by atoms with van der Waals surface area (Å²) < 4.78 is 0. The van der Waals surface area contributed by atoms with Gasteiger partial charge in [-0.2, -0.15) is 0 Å². The van der Waals surface area contributed by atoms with Crippen LogP contribution in [0.15, 0.2) is 42.5 Å². The molecule has 0 unspecified atom stereocenters. The quantitative estimate of drug-likeness (QED) is 0.627. The number of nitrogens with zero attached hydrogens (tertiary/aromatic N) is 2. The Morgan fingerprint density at radius 3 is 2.29 bits per heavy atom. The molecule has 2 amide bonds. The molecular weight excluding hydrogens is 266 g/mol. The predicted octanol–water partition coefficient (Wildman–Crippen LogP) is 1.19. The number of imide groups is 1. The minimum atomic E-state index is -0.368. The maximum Gasteiger partial charge on any atom is 0.267 e. The number of amides is 2. The Morgan fingerprint density at radius 1 is 1.00 bits per heavy atom. The predicted molar refractivity (Wildman–Crippen MR) is 77.8 cm³/mol. The van der Waals surface area contributed by atoms with Crippen molar-refractivity contribution in [3.63, 3.8) is 0 Å². The fraction of sp³-hybridized carbons (Fsp3) is 0.0625. The molecule has 21 heavy (non-hydrogen) atoms. The van der Waals surface area contributed by atoms with E-state index in [9.17, 15) is 9.59 Å². The summed E-state index contributed by atoms with van der Waals surface area (Å²) in [7, 11) is 0. The Labute approximate surface area is 121 Å². The Balaban J connectivity index is 2.03. The number of hydrogen-bond acceptors (Lipinski definition) is 4. The molecule has 0 aliphatic carbocycles. The van der Waals surface area contributed by atoms with Crippen LogP contribution in [0.1, 0.15) is 26.4 Å². The van der Waals surface area contributed by atoms with Gasteiger partial charge in [0.1, 0.15) is 11.5 Å². The molecule has 5 nitrogen and oxygen atoms in total. The lowest BCUT2D eigenvalue weighted by molar-refractivity contribution is 0.0925. The molecule has 1 aliphatic heterocycles. The summed E-state index contributed by atoms with van der Waals surface area (Å²) in [6, 6.07) is 11.7. The number of hydrogen-bond donors (Lipinski definition) is 1. The van der Waals surface area contributed by atoms with Gasteiger partial charge in [0, 0.05) is 0 Å². The zero-order valence-corrected chi connectivity index (χ0v) is 11.0. The van der Waals surface area contributed by atoms with Crippen LogP contribution in [0.5, 0.6) is 0 Å². The summed E-state index contributed by atoms with van der Waals surface area (Å²) in [6.45, 7) is 0.221. The highest BCUT2D eigenvalue weighted by Gasteiger charge is 2.36. The number of pyridine rings is 1. The van der Waals surface area contributed by atoms with E-state index in [1.807, 2.05) is 0 Å². The first-order valence-electron chi connectivity index (χ1n) is 6.36. The van der Waals surface area contributed by atoms with Gasteiger partial charge in [-0.15, -0.1) is 0 Å². The van der Waals surface area contributed by atoms with Crippen molar-refractivity contribution in [3.8, 4) is 11.8 Å². The molecule has 0 bridgehead atoms. The molecule has 0 spiro atoms. The normalized spacial score (nSPS) is 12.9. The summed E-state index contributed by atoms with van der Waals surface area (Å²) in [4.78, 5) is 30.0. The van der Waals surface area contributed by atoms with Crippen molar-refractivity contribution in [2.24, 2.45) is 5.73 Å². The van der Waals surface area contributed by atoms with Crippen molar-refractivity contribution in [2.75, 3.05) is 11.4 Å². The second-order valence-electron chi connectivity index (χ2n) is 4.38. The van der Waals surface area contributed by atoms with Crippen molar-refractivity contribution >= 4 is 17.6 Å². The van der Waals surface area contributed by atoms with E-state index >= 15 is 0 Å². The molecule has 0 saturated carbocycles. The van der Waals surface area contributed by atoms with Crippen LogP contribution in [-0.2, 0) is 0 Å². The summed E-state index contributed by atoms with van der Waals surface area (Å²) in [6.07, 6.45) is 0. The van der Waals surface area contributed by atoms with Gasteiger partial charge in [-0.1, -0.05) is 24.1 Å².